The van der Waals surface area contributed by atoms with Crippen molar-refractivity contribution in [3.8, 4) is 0 Å². The number of nitrogens with one attached hydrogen (secondary N) is 1. The molecule has 0 radical (unpaired) electrons. The van der Waals surface area contributed by atoms with Gasteiger partial charge in [-0.05, 0) is 40.9 Å². The first-order valence-corrected chi connectivity index (χ1v) is 6.92. The van der Waals surface area contributed by atoms with Crippen LogP contribution in [-0.4, -0.2) is 22.5 Å². The average Bonchev–Trinajstić information content (AvgIpc) is 2.85. The summed E-state index contributed by atoms with van der Waals surface area (Å²) in [6.45, 7) is 0. The number of oxime groups is 1. The van der Waals surface area contributed by atoms with Gasteiger partial charge in [0.15, 0.2) is 16.3 Å². The molecule has 1 saturated carbocycles. The first-order chi connectivity index (χ1) is 9.07. The van der Waals surface area contributed by atoms with Gasteiger partial charge in [0.25, 0.3) is 5.91 Å². The van der Waals surface area contributed by atoms with Crippen LogP contribution in [0.3, 0.4) is 0 Å². The van der Waals surface area contributed by atoms with Crippen LogP contribution in [0, 0.1) is 0 Å². The molecular formula is C12H16BrN3O3. The molecule has 1 aliphatic carbocycles. The zero-order valence-corrected chi connectivity index (χ0v) is 11.9. The molecule has 1 aromatic heterocycles. The summed E-state index contributed by atoms with van der Waals surface area (Å²) < 4.78 is 5.69. The summed E-state index contributed by atoms with van der Waals surface area (Å²) >= 11 is 3.15. The fraction of sp³-hybridized carbons (Fsp3) is 0.500. The Labute approximate surface area is 119 Å². The molecule has 0 bridgehead atoms. The number of carbonyl (C=O) groups excluding carboxylic acids is 1. The fourth-order valence-corrected chi connectivity index (χ4v) is 2.72. The second-order valence-electron chi connectivity index (χ2n) is 4.69. The van der Waals surface area contributed by atoms with Crippen molar-refractivity contribution >= 4 is 27.7 Å². The first kappa shape index (κ1) is 13.9. The van der Waals surface area contributed by atoms with Gasteiger partial charge in [-0.15, -0.1) is 0 Å². The van der Waals surface area contributed by atoms with Crippen molar-refractivity contribution in [1.82, 2.24) is 5.32 Å². The van der Waals surface area contributed by atoms with E-state index >= 15 is 0 Å². The molecule has 104 valence electrons. The number of amidine groups is 1. The van der Waals surface area contributed by atoms with Crippen molar-refractivity contribution in [3.63, 3.8) is 0 Å². The summed E-state index contributed by atoms with van der Waals surface area (Å²) in [5.74, 6) is -0.118. The fourth-order valence-electron chi connectivity index (χ4n) is 2.41. The summed E-state index contributed by atoms with van der Waals surface area (Å²) in [4.78, 5) is 12.1. The van der Waals surface area contributed by atoms with Crippen molar-refractivity contribution in [2.24, 2.45) is 10.9 Å². The van der Waals surface area contributed by atoms with Gasteiger partial charge in [0.05, 0.1) is 0 Å². The maximum atomic E-state index is 12.1. The van der Waals surface area contributed by atoms with Crippen LogP contribution in [0.4, 0.5) is 0 Å². The third-order valence-corrected chi connectivity index (χ3v) is 3.88. The monoisotopic (exact) mass is 329 g/mol. The van der Waals surface area contributed by atoms with Crippen molar-refractivity contribution in [1.29, 1.82) is 0 Å². The molecule has 1 amide bonds. The van der Waals surface area contributed by atoms with Gasteiger partial charge in [0.1, 0.15) is 5.54 Å². The SMILES string of the molecule is N/C(=N/O)C1(NC(=O)c2ccc(Br)o2)CCCCC1. The minimum atomic E-state index is -0.774. The number of furan rings is 1. The van der Waals surface area contributed by atoms with Gasteiger partial charge >= 0.3 is 0 Å². The number of halogens is 1. The summed E-state index contributed by atoms with van der Waals surface area (Å²) in [7, 11) is 0. The third kappa shape index (κ3) is 2.91. The molecule has 0 saturated heterocycles. The van der Waals surface area contributed by atoms with Gasteiger partial charge in [-0.3, -0.25) is 4.79 Å². The van der Waals surface area contributed by atoms with Gasteiger partial charge in [-0.2, -0.15) is 0 Å². The molecule has 1 aliphatic rings. The van der Waals surface area contributed by atoms with E-state index in [4.69, 9.17) is 15.4 Å². The zero-order valence-electron chi connectivity index (χ0n) is 10.4. The summed E-state index contributed by atoms with van der Waals surface area (Å²) in [6.07, 6.45) is 4.27. The van der Waals surface area contributed by atoms with Gasteiger partial charge in [0, 0.05) is 0 Å². The lowest BCUT2D eigenvalue weighted by Crippen LogP contribution is -2.58. The molecule has 19 heavy (non-hydrogen) atoms. The van der Waals surface area contributed by atoms with E-state index in [1.54, 1.807) is 12.1 Å². The first-order valence-electron chi connectivity index (χ1n) is 6.13. The van der Waals surface area contributed by atoms with Gasteiger partial charge in [-0.25, -0.2) is 0 Å². The van der Waals surface area contributed by atoms with Gasteiger partial charge in [0.2, 0.25) is 0 Å². The van der Waals surface area contributed by atoms with Gasteiger partial charge in [-0.1, -0.05) is 24.4 Å². The summed E-state index contributed by atoms with van der Waals surface area (Å²) in [5.41, 5.74) is 4.99. The van der Waals surface area contributed by atoms with Crippen LogP contribution in [0.1, 0.15) is 42.7 Å². The van der Waals surface area contributed by atoms with E-state index in [1.807, 2.05) is 0 Å². The Hall–Kier alpha value is -1.50. The number of amides is 1. The lowest BCUT2D eigenvalue weighted by molar-refractivity contribution is 0.0876. The Balaban J connectivity index is 2.19. The van der Waals surface area contributed by atoms with E-state index in [2.05, 4.69) is 26.4 Å². The molecule has 0 atom stereocenters. The molecule has 2 rings (SSSR count). The number of rotatable bonds is 3. The molecule has 0 spiro atoms. The maximum absolute atomic E-state index is 12.1. The number of hydrogen-bond acceptors (Lipinski definition) is 4. The third-order valence-electron chi connectivity index (χ3n) is 3.45. The maximum Gasteiger partial charge on any atom is 0.287 e. The van der Waals surface area contributed by atoms with E-state index in [0.29, 0.717) is 17.5 Å². The number of nitrogens with zero attached hydrogens (tertiary/aromatic N) is 1. The minimum absolute atomic E-state index is 0.0474. The molecular weight excluding hydrogens is 314 g/mol. The number of hydrogen-bond donors (Lipinski definition) is 3. The molecule has 1 fully saturated rings. The van der Waals surface area contributed by atoms with Crippen LogP contribution >= 0.6 is 15.9 Å². The quantitative estimate of drug-likeness (QED) is 0.342. The van der Waals surface area contributed by atoms with Crippen molar-refractivity contribution in [3.05, 3.63) is 22.6 Å². The highest BCUT2D eigenvalue weighted by atomic mass is 79.9. The lowest BCUT2D eigenvalue weighted by atomic mass is 9.80. The van der Waals surface area contributed by atoms with Gasteiger partial charge < -0.3 is 20.7 Å². The van der Waals surface area contributed by atoms with Crippen LogP contribution in [-0.2, 0) is 0 Å². The average molecular weight is 330 g/mol. The predicted octanol–water partition coefficient (Wildman–Crippen LogP) is 2.22. The summed E-state index contributed by atoms with van der Waals surface area (Å²) in [6, 6.07) is 3.22. The topological polar surface area (TPSA) is 101 Å². The van der Waals surface area contributed by atoms with Crippen molar-refractivity contribution in [2.45, 2.75) is 37.6 Å². The Morgan fingerprint density at radius 1 is 1.42 bits per heavy atom. The zero-order chi connectivity index (χ0) is 13.9. The van der Waals surface area contributed by atoms with E-state index in [-0.39, 0.29) is 17.5 Å². The number of carbonyl (C=O) groups is 1. The van der Waals surface area contributed by atoms with Crippen LogP contribution in [0.15, 0.2) is 26.4 Å². The highest BCUT2D eigenvalue weighted by molar-refractivity contribution is 9.10. The number of nitrogens with two attached hydrogens (primary N) is 1. The Morgan fingerprint density at radius 2 is 2.11 bits per heavy atom. The van der Waals surface area contributed by atoms with E-state index in [1.165, 1.54) is 0 Å². The second-order valence-corrected chi connectivity index (χ2v) is 5.47. The van der Waals surface area contributed by atoms with E-state index in [0.717, 1.165) is 19.3 Å². The van der Waals surface area contributed by atoms with Crippen LogP contribution < -0.4 is 11.1 Å². The van der Waals surface area contributed by atoms with Crippen LogP contribution in [0.2, 0.25) is 0 Å². The smallest absolute Gasteiger partial charge is 0.287 e. The Bertz CT molecular complexity index is 492. The molecule has 0 aromatic carbocycles. The molecule has 0 aliphatic heterocycles. The van der Waals surface area contributed by atoms with Crippen LogP contribution in [0.25, 0.3) is 0 Å². The second kappa shape index (κ2) is 5.64. The highest BCUT2D eigenvalue weighted by Crippen LogP contribution is 2.29. The molecule has 0 unspecified atom stereocenters. The lowest BCUT2D eigenvalue weighted by Gasteiger charge is -2.36. The molecule has 1 aromatic rings. The largest absolute Gasteiger partial charge is 0.444 e. The normalized spacial score (nSPS) is 19.1. The van der Waals surface area contributed by atoms with E-state index < -0.39 is 5.54 Å². The van der Waals surface area contributed by atoms with Crippen LogP contribution in [0.5, 0.6) is 0 Å². The molecule has 7 heteroatoms. The van der Waals surface area contributed by atoms with Crippen molar-refractivity contribution in [2.75, 3.05) is 0 Å². The Kier molecular flexibility index (Phi) is 4.14. The van der Waals surface area contributed by atoms with Crippen molar-refractivity contribution < 1.29 is 14.4 Å². The Morgan fingerprint density at radius 3 is 2.63 bits per heavy atom. The molecule has 4 N–H and O–H groups in total. The van der Waals surface area contributed by atoms with E-state index in [9.17, 15) is 4.79 Å². The molecule has 6 nitrogen and oxygen atoms in total. The predicted molar refractivity (Wildman–Crippen MR) is 73.1 cm³/mol. The minimum Gasteiger partial charge on any atom is -0.444 e. The standard InChI is InChI=1S/C12H16BrN3O3/c13-9-5-4-8(19-9)10(17)15-12(11(14)16-18)6-2-1-3-7-12/h4-5,18H,1-3,6-7H2,(H2,14,16)(H,15,17). The summed E-state index contributed by atoms with van der Waals surface area (Å²) in [5, 5.41) is 14.8. The highest BCUT2D eigenvalue weighted by Gasteiger charge is 2.38. The molecule has 1 heterocycles.